The van der Waals surface area contributed by atoms with Crippen LogP contribution in [0.2, 0.25) is 0 Å². The molecule has 0 aliphatic heterocycles. The van der Waals surface area contributed by atoms with Crippen molar-refractivity contribution in [3.63, 3.8) is 0 Å². The molecule has 5 heteroatoms. The molecular formula is C18H12N2O3. The maximum atomic E-state index is 12.0. The smallest absolute Gasteiger partial charge is 0.291 e. The van der Waals surface area contributed by atoms with E-state index in [4.69, 9.17) is 8.83 Å². The minimum Gasteiger partial charge on any atom is -0.459 e. The van der Waals surface area contributed by atoms with Crippen LogP contribution in [0, 0.1) is 0 Å². The molecule has 2 heterocycles. The molecule has 0 spiro atoms. The Morgan fingerprint density at radius 3 is 2.74 bits per heavy atom. The summed E-state index contributed by atoms with van der Waals surface area (Å²) in [4.78, 5) is 16.5. The first-order valence-corrected chi connectivity index (χ1v) is 7.10. The zero-order valence-electron chi connectivity index (χ0n) is 12.0. The minimum atomic E-state index is -0.301. The highest BCUT2D eigenvalue weighted by Crippen LogP contribution is 2.26. The van der Waals surface area contributed by atoms with E-state index in [-0.39, 0.29) is 11.7 Å². The van der Waals surface area contributed by atoms with Gasteiger partial charge >= 0.3 is 0 Å². The molecule has 2 aromatic carbocycles. The molecule has 112 valence electrons. The topological polar surface area (TPSA) is 68.3 Å². The Morgan fingerprint density at radius 2 is 1.91 bits per heavy atom. The van der Waals surface area contributed by atoms with Crippen molar-refractivity contribution in [2.24, 2.45) is 0 Å². The molecule has 1 N–H and O–H groups in total. The van der Waals surface area contributed by atoms with Crippen molar-refractivity contribution >= 4 is 22.7 Å². The van der Waals surface area contributed by atoms with Gasteiger partial charge in [-0.3, -0.25) is 4.79 Å². The van der Waals surface area contributed by atoms with Crippen LogP contribution in [0.25, 0.3) is 22.6 Å². The summed E-state index contributed by atoms with van der Waals surface area (Å²) >= 11 is 0. The summed E-state index contributed by atoms with van der Waals surface area (Å²) in [6, 6.07) is 18.2. The lowest BCUT2D eigenvalue weighted by Gasteiger charge is -2.04. The second kappa shape index (κ2) is 5.46. The van der Waals surface area contributed by atoms with Gasteiger partial charge in [-0.1, -0.05) is 18.2 Å². The van der Waals surface area contributed by atoms with Gasteiger partial charge in [0.2, 0.25) is 5.89 Å². The number of carbonyl (C=O) groups excluding carboxylic acids is 1. The molecule has 0 aliphatic carbocycles. The SMILES string of the molecule is O=C(Nc1cccc(-c2nc3ccccc3o2)c1)c1ccco1. The highest BCUT2D eigenvalue weighted by molar-refractivity contribution is 6.02. The van der Waals surface area contributed by atoms with Crippen LogP contribution in [0.4, 0.5) is 5.69 Å². The van der Waals surface area contributed by atoms with E-state index in [0.29, 0.717) is 11.6 Å². The van der Waals surface area contributed by atoms with Gasteiger partial charge in [0.25, 0.3) is 5.91 Å². The molecule has 0 saturated heterocycles. The van der Waals surface area contributed by atoms with Crippen LogP contribution >= 0.6 is 0 Å². The van der Waals surface area contributed by atoms with Gasteiger partial charge < -0.3 is 14.2 Å². The van der Waals surface area contributed by atoms with Crippen molar-refractivity contribution in [2.75, 3.05) is 5.32 Å². The number of rotatable bonds is 3. The molecule has 23 heavy (non-hydrogen) atoms. The first-order chi connectivity index (χ1) is 11.3. The lowest BCUT2D eigenvalue weighted by atomic mass is 10.2. The summed E-state index contributed by atoms with van der Waals surface area (Å²) in [7, 11) is 0. The number of fused-ring (bicyclic) bond motifs is 1. The van der Waals surface area contributed by atoms with E-state index in [1.54, 1.807) is 18.2 Å². The van der Waals surface area contributed by atoms with Crippen molar-refractivity contribution in [1.82, 2.24) is 4.98 Å². The van der Waals surface area contributed by atoms with Gasteiger partial charge in [-0.15, -0.1) is 0 Å². The molecule has 0 bridgehead atoms. The van der Waals surface area contributed by atoms with Gasteiger partial charge in [0.05, 0.1) is 6.26 Å². The number of nitrogens with one attached hydrogen (secondary N) is 1. The van der Waals surface area contributed by atoms with Crippen molar-refractivity contribution in [2.45, 2.75) is 0 Å². The number of aromatic nitrogens is 1. The van der Waals surface area contributed by atoms with E-state index in [2.05, 4.69) is 10.3 Å². The number of anilines is 1. The minimum absolute atomic E-state index is 0.261. The molecule has 0 atom stereocenters. The van der Waals surface area contributed by atoms with E-state index in [1.165, 1.54) is 6.26 Å². The summed E-state index contributed by atoms with van der Waals surface area (Å²) in [5.41, 5.74) is 2.96. The molecule has 0 aliphatic rings. The first kappa shape index (κ1) is 13.3. The lowest BCUT2D eigenvalue weighted by molar-refractivity contribution is 0.0996. The lowest BCUT2D eigenvalue weighted by Crippen LogP contribution is -2.10. The van der Waals surface area contributed by atoms with E-state index >= 15 is 0 Å². The Hall–Kier alpha value is -3.34. The van der Waals surface area contributed by atoms with E-state index in [0.717, 1.165) is 16.7 Å². The summed E-state index contributed by atoms with van der Waals surface area (Å²) in [5, 5.41) is 2.79. The van der Waals surface area contributed by atoms with Crippen LogP contribution in [0.1, 0.15) is 10.6 Å². The van der Waals surface area contributed by atoms with Crippen molar-refractivity contribution in [3.05, 3.63) is 72.7 Å². The monoisotopic (exact) mass is 304 g/mol. The zero-order chi connectivity index (χ0) is 15.6. The summed E-state index contributed by atoms with van der Waals surface area (Å²) in [6.07, 6.45) is 1.46. The van der Waals surface area contributed by atoms with E-state index in [9.17, 15) is 4.79 Å². The first-order valence-electron chi connectivity index (χ1n) is 7.10. The van der Waals surface area contributed by atoms with Crippen molar-refractivity contribution < 1.29 is 13.6 Å². The van der Waals surface area contributed by atoms with Gasteiger partial charge in [-0.2, -0.15) is 0 Å². The number of carbonyl (C=O) groups is 1. The van der Waals surface area contributed by atoms with Crippen LogP contribution in [-0.2, 0) is 0 Å². The number of furan rings is 1. The third kappa shape index (κ3) is 2.60. The predicted molar refractivity (Wildman–Crippen MR) is 86.1 cm³/mol. The second-order valence-corrected chi connectivity index (χ2v) is 5.00. The predicted octanol–water partition coefficient (Wildman–Crippen LogP) is 4.34. The number of para-hydroxylation sites is 2. The fourth-order valence-corrected chi connectivity index (χ4v) is 2.33. The molecule has 0 unspecified atom stereocenters. The molecular weight excluding hydrogens is 292 g/mol. The average molecular weight is 304 g/mol. The Bertz CT molecular complexity index is 938. The number of amides is 1. The molecule has 1 amide bonds. The Morgan fingerprint density at radius 1 is 1.00 bits per heavy atom. The third-order valence-corrected chi connectivity index (χ3v) is 3.41. The summed E-state index contributed by atoms with van der Waals surface area (Å²) < 4.78 is 10.8. The van der Waals surface area contributed by atoms with Crippen molar-refractivity contribution in [1.29, 1.82) is 0 Å². The quantitative estimate of drug-likeness (QED) is 0.611. The Labute approximate surface area is 131 Å². The fourth-order valence-electron chi connectivity index (χ4n) is 2.33. The molecule has 2 aromatic heterocycles. The van der Waals surface area contributed by atoms with Crippen LogP contribution < -0.4 is 5.32 Å². The van der Waals surface area contributed by atoms with E-state index in [1.807, 2.05) is 42.5 Å². The van der Waals surface area contributed by atoms with Crippen molar-refractivity contribution in [3.8, 4) is 11.5 Å². The average Bonchev–Trinajstić information content (AvgIpc) is 3.24. The van der Waals surface area contributed by atoms with Gasteiger partial charge in [0.1, 0.15) is 5.52 Å². The molecule has 0 radical (unpaired) electrons. The third-order valence-electron chi connectivity index (χ3n) is 3.41. The second-order valence-electron chi connectivity index (χ2n) is 5.00. The summed E-state index contributed by atoms with van der Waals surface area (Å²) in [5.74, 6) is 0.474. The Balaban J connectivity index is 1.64. The van der Waals surface area contributed by atoms with Crippen LogP contribution in [0.15, 0.2) is 75.8 Å². The maximum Gasteiger partial charge on any atom is 0.291 e. The molecule has 5 nitrogen and oxygen atoms in total. The van der Waals surface area contributed by atoms with Gasteiger partial charge in [-0.05, 0) is 42.5 Å². The standard InChI is InChI=1S/C18H12N2O3/c21-17(16-9-4-10-22-16)19-13-6-3-5-12(11-13)18-20-14-7-1-2-8-15(14)23-18/h1-11H,(H,19,21). The van der Waals surface area contributed by atoms with Gasteiger partial charge in [0, 0.05) is 11.3 Å². The number of oxazole rings is 1. The van der Waals surface area contributed by atoms with Crippen LogP contribution in [0.3, 0.4) is 0 Å². The number of hydrogen-bond donors (Lipinski definition) is 1. The maximum absolute atomic E-state index is 12.0. The number of hydrogen-bond acceptors (Lipinski definition) is 4. The molecule has 4 rings (SSSR count). The van der Waals surface area contributed by atoms with E-state index < -0.39 is 0 Å². The van der Waals surface area contributed by atoms with Crippen LogP contribution in [0.5, 0.6) is 0 Å². The summed E-state index contributed by atoms with van der Waals surface area (Å²) in [6.45, 7) is 0. The zero-order valence-corrected chi connectivity index (χ0v) is 12.0. The molecule has 0 fully saturated rings. The highest BCUT2D eigenvalue weighted by Gasteiger charge is 2.11. The number of benzene rings is 2. The van der Waals surface area contributed by atoms with Gasteiger partial charge in [-0.25, -0.2) is 4.98 Å². The molecule has 4 aromatic rings. The Kier molecular flexibility index (Phi) is 3.16. The fraction of sp³-hybridized carbons (Fsp3) is 0. The molecule has 0 saturated carbocycles. The van der Waals surface area contributed by atoms with Crippen LogP contribution in [-0.4, -0.2) is 10.9 Å². The van der Waals surface area contributed by atoms with Gasteiger partial charge in [0.15, 0.2) is 11.3 Å². The largest absolute Gasteiger partial charge is 0.459 e. The normalized spacial score (nSPS) is 10.8. The highest BCUT2D eigenvalue weighted by atomic mass is 16.3. The number of nitrogens with zero attached hydrogens (tertiary/aromatic N) is 1.